The molecule has 0 aliphatic carbocycles. The lowest BCUT2D eigenvalue weighted by Crippen LogP contribution is -2.30. The van der Waals surface area contributed by atoms with E-state index in [-0.39, 0.29) is 5.91 Å². The fraction of sp³-hybridized carbons (Fsp3) is 0.381. The van der Waals surface area contributed by atoms with Gasteiger partial charge in [0, 0.05) is 31.0 Å². The first-order valence-electron chi connectivity index (χ1n) is 9.06. The Hall–Kier alpha value is -2.20. The minimum atomic E-state index is 0.139. The molecule has 26 heavy (non-hydrogen) atoms. The Labute approximate surface area is 159 Å². The molecule has 5 heteroatoms. The highest BCUT2D eigenvalue weighted by atomic mass is 35.5. The first-order chi connectivity index (χ1) is 12.7. The summed E-state index contributed by atoms with van der Waals surface area (Å²) in [6, 6.07) is 13.6. The van der Waals surface area contributed by atoms with Crippen molar-refractivity contribution in [3.8, 4) is 11.5 Å². The maximum Gasteiger partial charge on any atom is 0.223 e. The summed E-state index contributed by atoms with van der Waals surface area (Å²) in [4.78, 5) is 14.5. The maximum absolute atomic E-state index is 12.6. The van der Waals surface area contributed by atoms with Gasteiger partial charge >= 0.3 is 0 Å². The van der Waals surface area contributed by atoms with Gasteiger partial charge in [0.1, 0.15) is 0 Å². The average molecular weight is 374 g/mol. The molecule has 0 bridgehead atoms. The molecule has 1 aliphatic heterocycles. The van der Waals surface area contributed by atoms with Gasteiger partial charge in [-0.05, 0) is 48.7 Å². The van der Waals surface area contributed by atoms with Gasteiger partial charge in [0.05, 0.1) is 13.2 Å². The van der Waals surface area contributed by atoms with Crippen LogP contribution >= 0.6 is 11.6 Å². The van der Waals surface area contributed by atoms with Crippen LogP contribution in [0.5, 0.6) is 11.5 Å². The van der Waals surface area contributed by atoms with Gasteiger partial charge in [-0.25, -0.2) is 0 Å². The Morgan fingerprint density at radius 3 is 2.65 bits per heavy atom. The average Bonchev–Trinajstić information content (AvgIpc) is 2.89. The Balaban J connectivity index is 1.59. The predicted molar refractivity (Wildman–Crippen MR) is 103 cm³/mol. The lowest BCUT2D eigenvalue weighted by Gasteiger charge is -2.21. The number of benzene rings is 2. The molecule has 138 valence electrons. The molecule has 0 radical (unpaired) electrons. The summed E-state index contributed by atoms with van der Waals surface area (Å²) in [5.74, 6) is 1.70. The minimum Gasteiger partial charge on any atom is -0.490 e. The monoisotopic (exact) mass is 373 g/mol. The lowest BCUT2D eigenvalue weighted by molar-refractivity contribution is -0.131. The van der Waals surface area contributed by atoms with Crippen molar-refractivity contribution < 1.29 is 14.3 Å². The van der Waals surface area contributed by atoms with Crippen molar-refractivity contribution in [2.45, 2.75) is 32.7 Å². The van der Waals surface area contributed by atoms with E-state index in [1.54, 1.807) is 0 Å². The highest BCUT2D eigenvalue weighted by molar-refractivity contribution is 6.30. The zero-order valence-corrected chi connectivity index (χ0v) is 15.8. The molecule has 2 aromatic rings. The van der Waals surface area contributed by atoms with Gasteiger partial charge in [-0.15, -0.1) is 0 Å². The molecular weight excluding hydrogens is 350 g/mol. The van der Waals surface area contributed by atoms with E-state index in [1.165, 1.54) is 0 Å². The second-order valence-corrected chi connectivity index (χ2v) is 6.81. The van der Waals surface area contributed by atoms with Crippen LogP contribution in [0.15, 0.2) is 42.5 Å². The zero-order chi connectivity index (χ0) is 18.4. The predicted octanol–water partition coefficient (Wildman–Crippen LogP) is 4.48. The van der Waals surface area contributed by atoms with Gasteiger partial charge in [-0.1, -0.05) is 29.8 Å². The summed E-state index contributed by atoms with van der Waals surface area (Å²) in [5, 5.41) is 0.693. The largest absolute Gasteiger partial charge is 0.490 e. The highest BCUT2D eigenvalue weighted by Gasteiger charge is 2.14. The Bertz CT molecular complexity index is 763. The molecule has 2 aromatic carbocycles. The molecule has 1 aliphatic rings. The maximum atomic E-state index is 12.6. The van der Waals surface area contributed by atoms with Crippen LogP contribution < -0.4 is 9.47 Å². The van der Waals surface area contributed by atoms with Crippen molar-refractivity contribution in [1.82, 2.24) is 4.90 Å². The molecule has 0 spiro atoms. The molecular formula is C21H24ClNO3. The van der Waals surface area contributed by atoms with Gasteiger partial charge in [0.2, 0.25) is 5.91 Å². The Kier molecular flexibility index (Phi) is 6.40. The van der Waals surface area contributed by atoms with Crippen LogP contribution in [-0.4, -0.2) is 30.6 Å². The first-order valence-corrected chi connectivity index (χ1v) is 9.44. The van der Waals surface area contributed by atoms with E-state index < -0.39 is 0 Å². The third kappa shape index (κ3) is 4.92. The number of hydrogen-bond acceptors (Lipinski definition) is 3. The fourth-order valence-corrected chi connectivity index (χ4v) is 3.22. The molecule has 0 atom stereocenters. The van der Waals surface area contributed by atoms with E-state index in [0.29, 0.717) is 44.2 Å². The summed E-state index contributed by atoms with van der Waals surface area (Å²) in [6.07, 6.45) is 2.03. The molecule has 0 fully saturated rings. The van der Waals surface area contributed by atoms with Crippen molar-refractivity contribution in [3.05, 3.63) is 58.6 Å². The van der Waals surface area contributed by atoms with Gasteiger partial charge in [-0.3, -0.25) is 4.79 Å². The lowest BCUT2D eigenvalue weighted by atomic mass is 10.1. The third-order valence-corrected chi connectivity index (χ3v) is 4.67. The van der Waals surface area contributed by atoms with Gasteiger partial charge in [-0.2, -0.15) is 0 Å². The second kappa shape index (κ2) is 8.95. The summed E-state index contributed by atoms with van der Waals surface area (Å²) in [5.41, 5.74) is 2.13. The molecule has 1 heterocycles. The normalized spacial score (nSPS) is 13.2. The van der Waals surface area contributed by atoms with E-state index in [0.717, 1.165) is 29.0 Å². The van der Waals surface area contributed by atoms with Crippen LogP contribution in [-0.2, 0) is 17.8 Å². The smallest absolute Gasteiger partial charge is 0.223 e. The Morgan fingerprint density at radius 2 is 1.88 bits per heavy atom. The van der Waals surface area contributed by atoms with Crippen LogP contribution in [0.25, 0.3) is 0 Å². The number of aryl methyl sites for hydroxylation is 1. The SMILES string of the molecule is CCN(Cc1cccc(Cl)c1)C(=O)CCc1ccc2c(c1)OCCCO2. The number of hydrogen-bond donors (Lipinski definition) is 0. The van der Waals surface area contributed by atoms with Crippen molar-refractivity contribution in [1.29, 1.82) is 0 Å². The second-order valence-electron chi connectivity index (χ2n) is 6.37. The van der Waals surface area contributed by atoms with Crippen molar-refractivity contribution in [2.24, 2.45) is 0 Å². The number of fused-ring (bicyclic) bond motifs is 1. The number of ether oxygens (including phenoxy) is 2. The molecule has 0 unspecified atom stereocenters. The van der Waals surface area contributed by atoms with Crippen molar-refractivity contribution >= 4 is 17.5 Å². The van der Waals surface area contributed by atoms with Crippen LogP contribution in [0.1, 0.15) is 30.9 Å². The van der Waals surface area contributed by atoms with Crippen LogP contribution in [0.3, 0.4) is 0 Å². The topological polar surface area (TPSA) is 38.8 Å². The number of carbonyl (C=O) groups is 1. The Morgan fingerprint density at radius 1 is 1.08 bits per heavy atom. The summed E-state index contributed by atoms with van der Waals surface area (Å²) in [7, 11) is 0. The molecule has 0 saturated heterocycles. The fourth-order valence-electron chi connectivity index (χ4n) is 3.00. The number of halogens is 1. The van der Waals surface area contributed by atoms with Gasteiger partial charge < -0.3 is 14.4 Å². The number of nitrogens with zero attached hydrogens (tertiary/aromatic N) is 1. The van der Waals surface area contributed by atoms with E-state index in [1.807, 2.05) is 54.3 Å². The molecule has 1 amide bonds. The summed E-state index contributed by atoms with van der Waals surface area (Å²) >= 11 is 6.04. The van der Waals surface area contributed by atoms with E-state index in [2.05, 4.69) is 0 Å². The number of carbonyl (C=O) groups excluding carboxylic acids is 1. The van der Waals surface area contributed by atoms with Crippen LogP contribution in [0, 0.1) is 0 Å². The number of amides is 1. The van der Waals surface area contributed by atoms with Crippen molar-refractivity contribution in [3.63, 3.8) is 0 Å². The molecule has 3 rings (SSSR count). The quantitative estimate of drug-likeness (QED) is 0.749. The molecule has 0 saturated carbocycles. The summed E-state index contributed by atoms with van der Waals surface area (Å²) < 4.78 is 11.4. The zero-order valence-electron chi connectivity index (χ0n) is 15.0. The molecule has 0 N–H and O–H groups in total. The molecule has 4 nitrogen and oxygen atoms in total. The van der Waals surface area contributed by atoms with E-state index in [9.17, 15) is 4.79 Å². The number of rotatable bonds is 6. The minimum absolute atomic E-state index is 0.139. The van der Waals surface area contributed by atoms with Gasteiger partial charge in [0.15, 0.2) is 11.5 Å². The van der Waals surface area contributed by atoms with E-state index >= 15 is 0 Å². The van der Waals surface area contributed by atoms with Crippen molar-refractivity contribution in [2.75, 3.05) is 19.8 Å². The van der Waals surface area contributed by atoms with Crippen LogP contribution in [0.2, 0.25) is 5.02 Å². The standard InChI is InChI=1S/C21H24ClNO3/c1-2-23(15-17-5-3-6-18(22)13-17)21(24)10-8-16-7-9-19-20(14-16)26-12-4-11-25-19/h3,5-7,9,13-14H,2,4,8,10-12,15H2,1H3. The summed E-state index contributed by atoms with van der Waals surface area (Å²) in [6.45, 7) is 4.60. The highest BCUT2D eigenvalue weighted by Crippen LogP contribution is 2.30. The third-order valence-electron chi connectivity index (χ3n) is 4.44. The molecule has 0 aromatic heterocycles. The van der Waals surface area contributed by atoms with Crippen LogP contribution in [0.4, 0.5) is 0 Å². The van der Waals surface area contributed by atoms with Gasteiger partial charge in [0.25, 0.3) is 0 Å². The van der Waals surface area contributed by atoms with E-state index in [4.69, 9.17) is 21.1 Å². The first kappa shape index (κ1) is 18.6.